The monoisotopic (exact) mass is 377 g/mol. The van der Waals surface area contributed by atoms with Crippen molar-refractivity contribution >= 4 is 32.9 Å². The maximum atomic E-state index is 5.41. The van der Waals surface area contributed by atoms with Gasteiger partial charge in [-0.15, -0.1) is 11.3 Å². The van der Waals surface area contributed by atoms with E-state index in [4.69, 9.17) is 4.74 Å². The number of ether oxygens (including phenoxy) is 1. The number of fused-ring (bicyclic) bond motifs is 1. The van der Waals surface area contributed by atoms with Crippen molar-refractivity contribution in [3.63, 3.8) is 0 Å². The Bertz CT molecular complexity index is 792. The Morgan fingerprint density at radius 2 is 2.05 bits per heavy atom. The first-order chi connectivity index (χ1) is 10.8. The van der Waals surface area contributed by atoms with Crippen molar-refractivity contribution in [3.8, 4) is 10.6 Å². The van der Waals surface area contributed by atoms with Gasteiger partial charge in [0.05, 0.1) is 30.0 Å². The summed E-state index contributed by atoms with van der Waals surface area (Å²) in [5.74, 6) is 0. The Labute approximate surface area is 141 Å². The number of pyridine rings is 1. The largest absolute Gasteiger partial charge is 0.379 e. The van der Waals surface area contributed by atoms with Crippen molar-refractivity contribution in [1.82, 2.24) is 14.3 Å². The van der Waals surface area contributed by atoms with Crippen LogP contribution in [0.25, 0.3) is 16.2 Å². The fourth-order valence-electron chi connectivity index (χ4n) is 2.72. The highest BCUT2D eigenvalue weighted by Gasteiger charge is 2.13. The molecule has 0 amide bonds. The summed E-state index contributed by atoms with van der Waals surface area (Å²) < 4.78 is 8.60. The highest BCUT2D eigenvalue weighted by molar-refractivity contribution is 9.10. The van der Waals surface area contributed by atoms with E-state index in [-0.39, 0.29) is 0 Å². The standard InChI is InChI=1S/C16H16BrN3OS/c17-12-1-4-16-18-9-14(20(16)10-12)15-3-2-13(22-15)11-19-5-7-21-8-6-19/h1-4,9-10H,5-8,11H2. The highest BCUT2D eigenvalue weighted by Crippen LogP contribution is 2.30. The first-order valence-corrected chi connectivity index (χ1v) is 8.92. The molecule has 0 saturated carbocycles. The fourth-order valence-corrected chi connectivity index (χ4v) is 4.11. The molecule has 0 aromatic carbocycles. The van der Waals surface area contributed by atoms with Crippen LogP contribution in [0, 0.1) is 0 Å². The molecule has 1 saturated heterocycles. The molecule has 0 radical (unpaired) electrons. The van der Waals surface area contributed by atoms with Crippen LogP contribution in [0.4, 0.5) is 0 Å². The van der Waals surface area contributed by atoms with Crippen molar-refractivity contribution in [2.24, 2.45) is 0 Å². The van der Waals surface area contributed by atoms with E-state index in [0.29, 0.717) is 0 Å². The van der Waals surface area contributed by atoms with Crippen molar-refractivity contribution < 1.29 is 4.74 Å². The summed E-state index contributed by atoms with van der Waals surface area (Å²) in [4.78, 5) is 9.58. The Hall–Kier alpha value is -1.21. The quantitative estimate of drug-likeness (QED) is 0.697. The molecular weight excluding hydrogens is 362 g/mol. The summed E-state index contributed by atoms with van der Waals surface area (Å²) in [6.45, 7) is 4.75. The normalized spacial score (nSPS) is 16.4. The minimum absolute atomic E-state index is 0.847. The Kier molecular flexibility index (Phi) is 4.00. The van der Waals surface area contributed by atoms with Gasteiger partial charge in [0.15, 0.2) is 0 Å². The van der Waals surface area contributed by atoms with Crippen molar-refractivity contribution in [3.05, 3.63) is 46.0 Å². The minimum atomic E-state index is 0.847. The van der Waals surface area contributed by atoms with Crippen molar-refractivity contribution in [2.45, 2.75) is 6.54 Å². The number of nitrogens with zero attached hydrogens (tertiary/aromatic N) is 3. The molecule has 114 valence electrons. The molecule has 0 bridgehead atoms. The third kappa shape index (κ3) is 2.84. The smallest absolute Gasteiger partial charge is 0.137 e. The van der Waals surface area contributed by atoms with Crippen LogP contribution in [0.15, 0.2) is 41.1 Å². The number of thiophene rings is 1. The number of hydrogen-bond acceptors (Lipinski definition) is 4. The van der Waals surface area contributed by atoms with Gasteiger partial charge in [-0.2, -0.15) is 0 Å². The van der Waals surface area contributed by atoms with E-state index in [0.717, 1.165) is 48.7 Å². The fraction of sp³-hybridized carbons (Fsp3) is 0.312. The number of morpholine rings is 1. The molecule has 4 heterocycles. The highest BCUT2D eigenvalue weighted by atomic mass is 79.9. The Morgan fingerprint density at radius 1 is 1.18 bits per heavy atom. The number of imidazole rings is 1. The average Bonchev–Trinajstić information content (AvgIpc) is 3.14. The molecule has 3 aromatic rings. The second-order valence-corrected chi connectivity index (χ2v) is 7.46. The summed E-state index contributed by atoms with van der Waals surface area (Å²) >= 11 is 5.38. The van der Waals surface area contributed by atoms with Gasteiger partial charge in [-0.05, 0) is 40.2 Å². The first kappa shape index (κ1) is 14.4. The molecule has 4 nitrogen and oxygen atoms in total. The molecular formula is C16H16BrN3OS. The zero-order valence-electron chi connectivity index (χ0n) is 12.0. The molecule has 1 fully saturated rings. The lowest BCUT2D eigenvalue weighted by Gasteiger charge is -2.25. The molecule has 22 heavy (non-hydrogen) atoms. The van der Waals surface area contributed by atoms with E-state index < -0.39 is 0 Å². The van der Waals surface area contributed by atoms with E-state index in [9.17, 15) is 0 Å². The van der Waals surface area contributed by atoms with E-state index >= 15 is 0 Å². The zero-order chi connectivity index (χ0) is 14.9. The average molecular weight is 378 g/mol. The van der Waals surface area contributed by atoms with E-state index in [1.165, 1.54) is 9.75 Å². The lowest BCUT2D eigenvalue weighted by Crippen LogP contribution is -2.35. The molecule has 1 aliphatic heterocycles. The van der Waals surface area contributed by atoms with E-state index in [1.54, 1.807) is 0 Å². The first-order valence-electron chi connectivity index (χ1n) is 7.31. The van der Waals surface area contributed by atoms with Gasteiger partial charge in [-0.1, -0.05) is 0 Å². The van der Waals surface area contributed by atoms with Gasteiger partial charge in [0.2, 0.25) is 0 Å². The molecule has 0 atom stereocenters. The van der Waals surface area contributed by atoms with Gasteiger partial charge < -0.3 is 4.74 Å². The lowest BCUT2D eigenvalue weighted by molar-refractivity contribution is 0.0346. The number of halogens is 1. The molecule has 0 unspecified atom stereocenters. The SMILES string of the molecule is Brc1ccc2ncc(-c3ccc(CN4CCOCC4)s3)n2c1. The third-order valence-corrected chi connectivity index (χ3v) is 5.43. The van der Waals surface area contributed by atoms with E-state index in [1.807, 2.05) is 29.7 Å². The second kappa shape index (κ2) is 6.12. The third-order valence-electron chi connectivity index (χ3n) is 3.87. The van der Waals surface area contributed by atoms with Crippen LogP contribution in [0.3, 0.4) is 0 Å². The molecule has 0 N–H and O–H groups in total. The van der Waals surface area contributed by atoms with Crippen LogP contribution in [-0.2, 0) is 11.3 Å². The maximum absolute atomic E-state index is 5.41. The van der Waals surface area contributed by atoms with Gasteiger partial charge in [-0.25, -0.2) is 4.98 Å². The van der Waals surface area contributed by atoms with Crippen LogP contribution < -0.4 is 0 Å². The van der Waals surface area contributed by atoms with Crippen LogP contribution >= 0.6 is 27.3 Å². The lowest BCUT2D eigenvalue weighted by atomic mass is 10.3. The molecule has 0 aliphatic carbocycles. The molecule has 4 rings (SSSR count). The van der Waals surface area contributed by atoms with Gasteiger partial charge in [-0.3, -0.25) is 9.30 Å². The Balaban J connectivity index is 1.61. The molecule has 0 spiro atoms. The summed E-state index contributed by atoms with van der Waals surface area (Å²) in [7, 11) is 0. The van der Waals surface area contributed by atoms with Crippen molar-refractivity contribution in [2.75, 3.05) is 26.3 Å². The van der Waals surface area contributed by atoms with Gasteiger partial charge in [0.1, 0.15) is 5.65 Å². The van der Waals surface area contributed by atoms with Crippen LogP contribution in [-0.4, -0.2) is 40.6 Å². The number of rotatable bonds is 3. The summed E-state index contributed by atoms with van der Waals surface area (Å²) in [5, 5.41) is 0. The maximum Gasteiger partial charge on any atom is 0.137 e. The summed E-state index contributed by atoms with van der Waals surface area (Å²) in [6, 6.07) is 8.47. The molecule has 1 aliphatic rings. The van der Waals surface area contributed by atoms with Gasteiger partial charge in [0, 0.05) is 35.2 Å². The summed E-state index contributed by atoms with van der Waals surface area (Å²) in [6.07, 6.45) is 4.02. The number of aromatic nitrogens is 2. The summed E-state index contributed by atoms with van der Waals surface area (Å²) in [5.41, 5.74) is 2.12. The minimum Gasteiger partial charge on any atom is -0.379 e. The second-order valence-electron chi connectivity index (χ2n) is 5.37. The van der Waals surface area contributed by atoms with Crippen LogP contribution in [0.5, 0.6) is 0 Å². The number of hydrogen-bond donors (Lipinski definition) is 0. The topological polar surface area (TPSA) is 29.8 Å². The van der Waals surface area contributed by atoms with Gasteiger partial charge >= 0.3 is 0 Å². The van der Waals surface area contributed by atoms with Crippen LogP contribution in [0.1, 0.15) is 4.88 Å². The molecule has 3 aromatic heterocycles. The Morgan fingerprint density at radius 3 is 2.91 bits per heavy atom. The van der Waals surface area contributed by atoms with Gasteiger partial charge in [0.25, 0.3) is 0 Å². The van der Waals surface area contributed by atoms with E-state index in [2.05, 4.69) is 48.5 Å². The molecule has 6 heteroatoms. The van der Waals surface area contributed by atoms with Crippen molar-refractivity contribution in [1.29, 1.82) is 0 Å². The van der Waals surface area contributed by atoms with Crippen LogP contribution in [0.2, 0.25) is 0 Å². The predicted octanol–water partition coefficient (Wildman–Crippen LogP) is 3.66. The zero-order valence-corrected chi connectivity index (χ0v) is 14.4. The predicted molar refractivity (Wildman–Crippen MR) is 92.3 cm³/mol.